The van der Waals surface area contributed by atoms with Crippen LogP contribution in [0.2, 0.25) is 0 Å². The van der Waals surface area contributed by atoms with E-state index in [1.54, 1.807) is 0 Å². The molecule has 0 unspecified atom stereocenters. The van der Waals surface area contributed by atoms with Crippen molar-refractivity contribution < 1.29 is 108 Å². The first-order valence-electron chi connectivity index (χ1n) is 1.93. The van der Waals surface area contributed by atoms with Gasteiger partial charge in [-0.15, -0.1) is 0 Å². The second-order valence-corrected chi connectivity index (χ2v) is 1.69. The van der Waals surface area contributed by atoms with Gasteiger partial charge in [0.05, 0.1) is 0 Å². The molecule has 0 nitrogen and oxygen atoms in total. The van der Waals surface area contributed by atoms with Crippen LogP contribution in [0.25, 0.3) is 0 Å². The molecule has 0 bridgehead atoms. The van der Waals surface area contributed by atoms with Gasteiger partial charge in [0.2, 0.25) is 0 Å². The first-order chi connectivity index (χ1) is 3.27. The van der Waals surface area contributed by atoms with Crippen LogP contribution < -0.4 is 0 Å². The van der Waals surface area contributed by atoms with Gasteiger partial charge < -0.3 is 0 Å². The first-order valence-corrected chi connectivity index (χ1v) is 3.43. The van der Waals surface area contributed by atoms with Crippen molar-refractivity contribution in [2.24, 2.45) is 5.92 Å². The van der Waals surface area contributed by atoms with Crippen LogP contribution in [0.5, 0.6) is 0 Å². The molecule has 0 saturated heterocycles. The maximum atomic E-state index is 4.44. The summed E-state index contributed by atoms with van der Waals surface area (Å²) in [4.78, 5) is 0. The molecule has 0 aliphatic carbocycles. The van der Waals surface area contributed by atoms with Crippen molar-refractivity contribution in [3.63, 3.8) is 0 Å². The molecule has 11 heavy (non-hydrogen) atoms. The van der Waals surface area contributed by atoms with Crippen LogP contribution >= 0.6 is 0 Å². The molecule has 0 aliphatic heterocycles. The van der Waals surface area contributed by atoms with Crippen LogP contribution in [0, 0.1) is 5.92 Å². The van der Waals surface area contributed by atoms with E-state index in [2.05, 4.69) is 40.8 Å². The predicted molar refractivity (Wildman–Crippen MR) is 25.9 cm³/mol. The minimum absolute atomic E-state index is 0. The van der Waals surface area contributed by atoms with Gasteiger partial charge in [-0.2, -0.15) is 0 Å². The summed E-state index contributed by atoms with van der Waals surface area (Å²) in [5, 5.41) is 4.44. The molecule has 0 amide bonds. The zero-order valence-electron chi connectivity index (χ0n) is 6.34. The van der Waals surface area contributed by atoms with Crippen molar-refractivity contribution in [2.45, 2.75) is 13.8 Å². The minimum atomic E-state index is 0. The Labute approximate surface area is 136 Å². The van der Waals surface area contributed by atoms with Crippen LogP contribution in [0.15, 0.2) is 0 Å². The second kappa shape index (κ2) is 37.8. The average molecular weight is 374 g/mol. The van der Waals surface area contributed by atoms with Crippen LogP contribution in [0.1, 0.15) is 13.8 Å². The largest absolute Gasteiger partial charge is 0 e. The van der Waals surface area contributed by atoms with Crippen molar-refractivity contribution in [2.75, 3.05) is 0 Å². The van der Waals surface area contributed by atoms with Crippen LogP contribution in [-0.2, 0) is 108 Å². The minimum Gasteiger partial charge on any atom is 0 e. The van der Waals surface area contributed by atoms with Gasteiger partial charge in [-0.25, -0.2) is 0 Å². The van der Waals surface area contributed by atoms with E-state index in [0.717, 1.165) is 0 Å². The van der Waals surface area contributed by atoms with Crippen molar-refractivity contribution in [3.05, 3.63) is 0 Å². The molecule has 4 radical (unpaired) electrons. The SMILES string of the molecule is CC(C)[C-]=[V].[CH-]=[V].[V].[V].[V].[V]. The van der Waals surface area contributed by atoms with Crippen LogP contribution in [-0.4, -0.2) is 9.96 Å². The molecule has 0 aliphatic rings. The fourth-order valence-electron chi connectivity index (χ4n) is 0. The van der Waals surface area contributed by atoms with E-state index in [-0.39, 0.29) is 74.2 Å². The molecule has 0 rings (SSSR count). The van der Waals surface area contributed by atoms with Crippen molar-refractivity contribution in [3.8, 4) is 0 Å². The van der Waals surface area contributed by atoms with Gasteiger partial charge in [0.25, 0.3) is 0 Å². The molecule has 0 aromatic heterocycles. The van der Waals surface area contributed by atoms with E-state index < -0.39 is 0 Å². The van der Waals surface area contributed by atoms with Gasteiger partial charge in [-0.05, 0) is 0 Å². The van der Waals surface area contributed by atoms with Gasteiger partial charge in [0.15, 0.2) is 0 Å². The number of hydrogen-bond acceptors (Lipinski definition) is 0. The van der Waals surface area contributed by atoms with Crippen LogP contribution in [0.3, 0.4) is 0 Å². The summed E-state index contributed by atoms with van der Waals surface area (Å²) in [5.41, 5.74) is 0. The van der Waals surface area contributed by atoms with Crippen molar-refractivity contribution in [1.29, 1.82) is 0 Å². The molecular weight excluding hydrogens is 366 g/mol. The Morgan fingerprint density at radius 3 is 1.09 bits per heavy atom. The Morgan fingerprint density at radius 1 is 1.00 bits per heavy atom. The number of hydrogen-bond donors (Lipinski definition) is 0. The van der Waals surface area contributed by atoms with Gasteiger partial charge in [-0.3, -0.25) is 0 Å². The van der Waals surface area contributed by atoms with Gasteiger partial charge in [0.1, 0.15) is 0 Å². The average Bonchev–Trinajstić information content (AvgIpc) is 1.73. The van der Waals surface area contributed by atoms with E-state index in [0.29, 0.717) is 5.92 Å². The Bertz CT molecular complexity index is 46.2. The Balaban J connectivity index is -0.00000000972. The quantitative estimate of drug-likeness (QED) is 0.594. The fourth-order valence-corrected chi connectivity index (χ4v) is 0. The van der Waals surface area contributed by atoms with Gasteiger partial charge >= 0.3 is 63.7 Å². The van der Waals surface area contributed by atoms with Gasteiger partial charge in [-0.1, -0.05) is 0 Å². The smallest absolute Gasteiger partial charge is 0 e. The summed E-state index contributed by atoms with van der Waals surface area (Å²) >= 11 is 4.13. The Hall–Kier alpha value is 3.25. The van der Waals surface area contributed by atoms with Crippen LogP contribution in [0.4, 0.5) is 0 Å². The van der Waals surface area contributed by atoms with E-state index in [9.17, 15) is 0 Å². The molecule has 0 N–H and O–H groups in total. The fraction of sp³-hybridized carbons (Fsp3) is 0.600. The summed E-state index contributed by atoms with van der Waals surface area (Å²) in [7, 11) is 0. The molecule has 0 aromatic carbocycles. The summed E-state index contributed by atoms with van der Waals surface area (Å²) in [5.74, 6) is 0.606. The maximum absolute atomic E-state index is 4.44. The Morgan fingerprint density at radius 2 is 1.09 bits per heavy atom. The topological polar surface area (TPSA) is 0 Å². The summed E-state index contributed by atoms with van der Waals surface area (Å²) in [6.45, 7) is 4.19. The monoisotopic (exact) mass is 374 g/mol. The van der Waals surface area contributed by atoms with E-state index >= 15 is 0 Å². The molecule has 6 heteroatoms. The Kier molecular flexibility index (Phi) is 126. The molecule has 0 aromatic rings. The van der Waals surface area contributed by atoms with E-state index in [1.165, 1.54) is 0 Å². The molecule has 0 heterocycles. The summed E-state index contributed by atoms with van der Waals surface area (Å²) in [6, 6.07) is 0. The molecule has 0 saturated carbocycles. The van der Waals surface area contributed by atoms with E-state index in [4.69, 9.17) is 0 Å². The molecule has 0 spiro atoms. The molecule has 60 valence electrons. The third-order valence-electron chi connectivity index (χ3n) is 0.258. The number of rotatable bonds is 1. The third-order valence-corrected chi connectivity index (χ3v) is 1.06. The maximum Gasteiger partial charge on any atom is 0 e. The van der Waals surface area contributed by atoms with Crippen molar-refractivity contribution in [1.82, 2.24) is 0 Å². The predicted octanol–water partition coefficient (Wildman–Crippen LogP) is 0.701. The normalized spacial score (nSPS) is 4.09. The first kappa shape index (κ1) is 36.8. The van der Waals surface area contributed by atoms with Crippen molar-refractivity contribution >= 4 is 9.96 Å². The summed E-state index contributed by atoms with van der Waals surface area (Å²) in [6.07, 6.45) is 0. The van der Waals surface area contributed by atoms with E-state index in [1.807, 2.05) is 17.0 Å². The second-order valence-electron chi connectivity index (χ2n) is 1.28. The zero-order chi connectivity index (χ0) is 6.28. The standard InChI is InChI=1S/C4H7.CH.6V/c1-4(2)3;;;;;;;/h4H,1-2H3;1H;;;;;;/q2*-1;;;;;;. The zero-order valence-corrected chi connectivity index (χ0v) is 14.7. The summed E-state index contributed by atoms with van der Waals surface area (Å²) < 4.78 is 2.97. The molecular formula is C5H8V6-2. The molecule has 0 fully saturated rings. The third kappa shape index (κ3) is 60.9. The molecule has 0 atom stereocenters. The van der Waals surface area contributed by atoms with Gasteiger partial charge in [0, 0.05) is 74.2 Å².